The summed E-state index contributed by atoms with van der Waals surface area (Å²) in [6.45, 7) is 0. The number of phenols is 1. The van der Waals surface area contributed by atoms with Crippen molar-refractivity contribution in [1.82, 2.24) is 5.06 Å². The highest BCUT2D eigenvalue weighted by atomic mass is 16.7. The van der Waals surface area contributed by atoms with Crippen LogP contribution in [0.5, 0.6) is 11.5 Å². The van der Waals surface area contributed by atoms with E-state index < -0.39 is 6.09 Å². The molecule has 124 valence electrons. The number of ketones is 1. The predicted octanol–water partition coefficient (Wildman–Crippen LogP) is 3.28. The molecule has 6 heteroatoms. The molecule has 0 aliphatic rings. The molecule has 0 aromatic heterocycles. The van der Waals surface area contributed by atoms with Gasteiger partial charge in [0.05, 0.1) is 12.7 Å². The molecule has 1 amide bonds. The number of rotatable bonds is 5. The Kier molecular flexibility index (Phi) is 5.70. The Hall–Kier alpha value is -3.12. The number of ether oxygens (including phenoxy) is 1. The van der Waals surface area contributed by atoms with Gasteiger partial charge in [0.1, 0.15) is 11.5 Å². The van der Waals surface area contributed by atoms with Crippen LogP contribution in [0.3, 0.4) is 0 Å². The summed E-state index contributed by atoms with van der Waals surface area (Å²) in [6, 6.07) is 13.0. The van der Waals surface area contributed by atoms with Crippen LogP contribution in [-0.2, 0) is 4.84 Å². The molecule has 2 aromatic rings. The molecule has 0 bridgehead atoms. The molecule has 0 atom stereocenters. The van der Waals surface area contributed by atoms with E-state index in [9.17, 15) is 14.7 Å². The van der Waals surface area contributed by atoms with Crippen molar-refractivity contribution in [3.8, 4) is 11.5 Å². The van der Waals surface area contributed by atoms with Crippen LogP contribution in [0.4, 0.5) is 4.79 Å². The number of allylic oxidation sites excluding steroid dienone is 1. The molecule has 0 saturated carbocycles. The van der Waals surface area contributed by atoms with E-state index in [2.05, 4.69) is 0 Å². The summed E-state index contributed by atoms with van der Waals surface area (Å²) >= 11 is 0. The summed E-state index contributed by atoms with van der Waals surface area (Å²) in [5.74, 6) is -0.0758. The van der Waals surface area contributed by atoms with Crippen molar-refractivity contribution < 1.29 is 24.3 Å². The first-order valence-corrected chi connectivity index (χ1v) is 7.11. The third-order valence-corrected chi connectivity index (χ3v) is 3.19. The van der Waals surface area contributed by atoms with Gasteiger partial charge >= 0.3 is 6.09 Å². The van der Waals surface area contributed by atoms with Gasteiger partial charge in [0.2, 0.25) is 0 Å². The van der Waals surface area contributed by atoms with E-state index in [0.717, 1.165) is 5.06 Å². The Morgan fingerprint density at radius 2 is 1.88 bits per heavy atom. The minimum atomic E-state index is -0.663. The minimum Gasteiger partial charge on any atom is -0.507 e. The lowest BCUT2D eigenvalue weighted by Gasteiger charge is -2.13. The van der Waals surface area contributed by atoms with E-state index in [-0.39, 0.29) is 17.1 Å². The van der Waals surface area contributed by atoms with Gasteiger partial charge in [0, 0.05) is 7.05 Å². The smallest absolute Gasteiger partial charge is 0.439 e. The fourth-order valence-corrected chi connectivity index (χ4v) is 1.87. The van der Waals surface area contributed by atoms with Crippen LogP contribution >= 0.6 is 0 Å². The summed E-state index contributed by atoms with van der Waals surface area (Å²) in [5, 5.41) is 10.6. The summed E-state index contributed by atoms with van der Waals surface area (Å²) in [5.41, 5.74) is 0.891. The van der Waals surface area contributed by atoms with Gasteiger partial charge in [-0.2, -0.15) is 5.06 Å². The van der Waals surface area contributed by atoms with E-state index in [1.54, 1.807) is 48.5 Å². The molecule has 0 radical (unpaired) electrons. The van der Waals surface area contributed by atoms with E-state index in [4.69, 9.17) is 9.57 Å². The molecule has 2 rings (SSSR count). The van der Waals surface area contributed by atoms with E-state index in [0.29, 0.717) is 11.3 Å². The maximum Gasteiger partial charge on any atom is 0.439 e. The maximum atomic E-state index is 12.1. The number of hydrogen-bond donors (Lipinski definition) is 1. The van der Waals surface area contributed by atoms with E-state index in [1.165, 1.54) is 26.3 Å². The highest BCUT2D eigenvalue weighted by Crippen LogP contribution is 2.19. The Balaban J connectivity index is 2.10. The molecule has 0 fully saturated rings. The van der Waals surface area contributed by atoms with Gasteiger partial charge in [0.15, 0.2) is 5.78 Å². The zero-order valence-corrected chi connectivity index (χ0v) is 13.3. The molecule has 0 saturated heterocycles. The van der Waals surface area contributed by atoms with Gasteiger partial charge in [-0.05, 0) is 35.9 Å². The van der Waals surface area contributed by atoms with Crippen molar-refractivity contribution in [2.24, 2.45) is 0 Å². The first-order chi connectivity index (χ1) is 11.5. The van der Waals surface area contributed by atoms with Crippen LogP contribution in [0.25, 0.3) is 6.08 Å². The highest BCUT2D eigenvalue weighted by Gasteiger charge is 2.10. The Labute approximate surface area is 139 Å². The number of aromatic hydroxyl groups is 1. The number of hydroxylamine groups is 2. The standard InChI is InChI=1S/C18H17NO5/c1-19(23-2)18(22)24-14-7-5-6-13(12-14)10-11-17(21)15-8-3-4-9-16(15)20/h3-12,20H,1-2H3/b11-10+. The first-order valence-electron chi connectivity index (χ1n) is 7.11. The molecule has 0 unspecified atom stereocenters. The predicted molar refractivity (Wildman–Crippen MR) is 88.7 cm³/mol. The lowest BCUT2D eigenvalue weighted by atomic mass is 10.1. The fraction of sp³-hybridized carbons (Fsp3) is 0.111. The summed E-state index contributed by atoms with van der Waals surface area (Å²) < 4.78 is 5.12. The number of amides is 1. The summed E-state index contributed by atoms with van der Waals surface area (Å²) in [4.78, 5) is 28.4. The second-order valence-corrected chi connectivity index (χ2v) is 4.84. The molecule has 6 nitrogen and oxygen atoms in total. The molecule has 0 spiro atoms. The van der Waals surface area contributed by atoms with Crippen molar-refractivity contribution in [3.63, 3.8) is 0 Å². The number of carbonyl (C=O) groups is 2. The SMILES string of the molecule is CON(C)C(=O)Oc1cccc(/C=C/C(=O)c2ccccc2O)c1. The van der Waals surface area contributed by atoms with Crippen LogP contribution in [0.2, 0.25) is 0 Å². The number of para-hydroxylation sites is 1. The minimum absolute atomic E-state index is 0.0718. The van der Waals surface area contributed by atoms with Crippen molar-refractivity contribution >= 4 is 18.0 Å². The Bertz CT molecular complexity index is 770. The average molecular weight is 327 g/mol. The first kappa shape index (κ1) is 17.2. The Morgan fingerprint density at radius 1 is 1.12 bits per heavy atom. The monoisotopic (exact) mass is 327 g/mol. The third-order valence-electron chi connectivity index (χ3n) is 3.19. The quantitative estimate of drug-likeness (QED) is 0.518. The largest absolute Gasteiger partial charge is 0.507 e. The second-order valence-electron chi connectivity index (χ2n) is 4.84. The number of carbonyl (C=O) groups excluding carboxylic acids is 2. The Morgan fingerprint density at radius 3 is 2.58 bits per heavy atom. The molecule has 1 N–H and O–H groups in total. The zero-order valence-electron chi connectivity index (χ0n) is 13.3. The van der Waals surface area contributed by atoms with E-state index in [1.807, 2.05) is 0 Å². The number of phenolic OH excluding ortho intramolecular Hbond substituents is 1. The van der Waals surface area contributed by atoms with Crippen LogP contribution < -0.4 is 4.74 Å². The van der Waals surface area contributed by atoms with E-state index >= 15 is 0 Å². The highest BCUT2D eigenvalue weighted by molar-refractivity contribution is 6.08. The van der Waals surface area contributed by atoms with Gasteiger partial charge in [-0.3, -0.25) is 9.63 Å². The molecule has 0 heterocycles. The van der Waals surface area contributed by atoms with Crippen molar-refractivity contribution in [3.05, 3.63) is 65.7 Å². The fourth-order valence-electron chi connectivity index (χ4n) is 1.87. The molecular formula is C18H17NO5. The van der Waals surface area contributed by atoms with Crippen LogP contribution in [-0.4, -0.2) is 36.2 Å². The van der Waals surface area contributed by atoms with Crippen LogP contribution in [0.1, 0.15) is 15.9 Å². The normalized spacial score (nSPS) is 10.6. The lowest BCUT2D eigenvalue weighted by Crippen LogP contribution is -2.28. The van der Waals surface area contributed by atoms with Gasteiger partial charge in [-0.1, -0.05) is 30.3 Å². The van der Waals surface area contributed by atoms with Crippen molar-refractivity contribution in [2.75, 3.05) is 14.2 Å². The maximum absolute atomic E-state index is 12.1. The van der Waals surface area contributed by atoms with Crippen LogP contribution in [0.15, 0.2) is 54.6 Å². The second kappa shape index (κ2) is 7.94. The van der Waals surface area contributed by atoms with Crippen molar-refractivity contribution in [1.29, 1.82) is 0 Å². The van der Waals surface area contributed by atoms with Gasteiger partial charge < -0.3 is 9.84 Å². The van der Waals surface area contributed by atoms with Gasteiger partial charge in [0.25, 0.3) is 0 Å². The molecule has 24 heavy (non-hydrogen) atoms. The lowest BCUT2D eigenvalue weighted by molar-refractivity contribution is -0.0790. The number of benzene rings is 2. The average Bonchev–Trinajstić information content (AvgIpc) is 2.59. The number of hydrogen-bond acceptors (Lipinski definition) is 5. The van der Waals surface area contributed by atoms with Crippen molar-refractivity contribution in [2.45, 2.75) is 0 Å². The zero-order chi connectivity index (χ0) is 17.5. The summed E-state index contributed by atoms with van der Waals surface area (Å²) in [6.07, 6.45) is 2.26. The van der Waals surface area contributed by atoms with Gasteiger partial charge in [-0.25, -0.2) is 4.79 Å². The van der Waals surface area contributed by atoms with Gasteiger partial charge in [-0.15, -0.1) is 0 Å². The molecule has 0 aliphatic carbocycles. The molecular weight excluding hydrogens is 310 g/mol. The topological polar surface area (TPSA) is 76.1 Å². The number of nitrogens with zero attached hydrogens (tertiary/aromatic N) is 1. The van der Waals surface area contributed by atoms with Crippen LogP contribution in [0, 0.1) is 0 Å². The molecule has 0 aliphatic heterocycles. The third kappa shape index (κ3) is 4.44. The summed E-state index contributed by atoms with van der Waals surface area (Å²) in [7, 11) is 2.78. The molecule has 2 aromatic carbocycles.